The Hall–Kier alpha value is -1.38. The largest absolute Gasteiger partial charge is 0.455 e. The average Bonchev–Trinajstić information content (AvgIpc) is 2.24. The number of alkyl halides is 5. The van der Waals surface area contributed by atoms with E-state index < -0.39 is 41.2 Å². The van der Waals surface area contributed by atoms with Gasteiger partial charge in [0.25, 0.3) is 0 Å². The van der Waals surface area contributed by atoms with Crippen molar-refractivity contribution in [2.75, 3.05) is 0 Å². The lowest BCUT2D eigenvalue weighted by Gasteiger charge is -2.26. The van der Waals surface area contributed by atoms with Crippen LogP contribution in [0.15, 0.2) is 12.1 Å². The lowest BCUT2D eigenvalue weighted by molar-refractivity contribution is -0.291. The Morgan fingerprint density at radius 1 is 0.889 bits per heavy atom. The van der Waals surface area contributed by atoms with Gasteiger partial charge in [0.1, 0.15) is 6.04 Å². The fraction of sp³-hybridized carbons (Fsp3) is 0.333. The molecule has 0 fully saturated rings. The van der Waals surface area contributed by atoms with Gasteiger partial charge in [-0.15, -0.1) is 0 Å². The number of halogens is 8. The van der Waals surface area contributed by atoms with E-state index in [-0.39, 0.29) is 12.1 Å². The van der Waals surface area contributed by atoms with Crippen molar-refractivity contribution in [3.8, 4) is 0 Å². The number of hydrogen-bond acceptors (Lipinski definition) is 1. The molecule has 0 spiro atoms. The monoisotopic (exact) mass is 279 g/mol. The fourth-order valence-corrected chi connectivity index (χ4v) is 1.15. The zero-order valence-corrected chi connectivity index (χ0v) is 8.33. The maximum Gasteiger partial charge on any atom is 0.455 e. The van der Waals surface area contributed by atoms with Crippen molar-refractivity contribution >= 4 is 0 Å². The normalized spacial score (nSPS) is 14.7. The van der Waals surface area contributed by atoms with Crippen molar-refractivity contribution in [3.63, 3.8) is 0 Å². The Morgan fingerprint density at radius 3 is 1.83 bits per heavy atom. The Kier molecular flexibility index (Phi) is 3.57. The molecule has 18 heavy (non-hydrogen) atoms. The van der Waals surface area contributed by atoms with E-state index in [9.17, 15) is 35.1 Å². The third-order valence-electron chi connectivity index (χ3n) is 2.17. The first-order valence-electron chi connectivity index (χ1n) is 4.33. The average molecular weight is 279 g/mol. The van der Waals surface area contributed by atoms with Crippen molar-refractivity contribution in [2.45, 2.75) is 18.1 Å². The minimum Gasteiger partial charge on any atom is -0.319 e. The highest BCUT2D eigenvalue weighted by Crippen LogP contribution is 2.43. The molecule has 0 heterocycles. The van der Waals surface area contributed by atoms with Gasteiger partial charge in [-0.1, -0.05) is 6.07 Å². The topological polar surface area (TPSA) is 26.0 Å². The molecule has 0 aliphatic carbocycles. The quantitative estimate of drug-likeness (QED) is 0.652. The predicted molar refractivity (Wildman–Crippen MR) is 44.2 cm³/mol. The summed E-state index contributed by atoms with van der Waals surface area (Å²) in [4.78, 5) is 0. The zero-order chi connectivity index (χ0) is 14.3. The summed E-state index contributed by atoms with van der Waals surface area (Å²) in [5.74, 6) is -11.5. The van der Waals surface area contributed by atoms with Gasteiger partial charge in [0.05, 0.1) is 0 Å². The first-order chi connectivity index (χ1) is 8.00. The lowest BCUT2D eigenvalue weighted by Crippen LogP contribution is -2.46. The number of rotatable bonds is 2. The second-order valence-electron chi connectivity index (χ2n) is 3.36. The predicted octanol–water partition coefficient (Wildman–Crippen LogP) is 3.30. The van der Waals surface area contributed by atoms with Crippen LogP contribution >= 0.6 is 0 Å². The van der Waals surface area contributed by atoms with E-state index in [0.717, 1.165) is 0 Å². The maximum absolute atomic E-state index is 13.0. The summed E-state index contributed by atoms with van der Waals surface area (Å²) in [5, 5.41) is 0. The van der Waals surface area contributed by atoms with E-state index in [1.165, 1.54) is 0 Å². The van der Waals surface area contributed by atoms with Crippen LogP contribution in [-0.2, 0) is 0 Å². The highest BCUT2D eigenvalue weighted by atomic mass is 19.4. The molecule has 0 radical (unpaired) electrons. The summed E-state index contributed by atoms with van der Waals surface area (Å²) in [7, 11) is 0. The van der Waals surface area contributed by atoms with Gasteiger partial charge in [0, 0.05) is 5.56 Å². The summed E-state index contributed by atoms with van der Waals surface area (Å²) in [6.07, 6.45) is -6.04. The van der Waals surface area contributed by atoms with Crippen LogP contribution in [0.5, 0.6) is 0 Å². The lowest BCUT2D eigenvalue weighted by atomic mass is 10.00. The van der Waals surface area contributed by atoms with E-state index in [1.54, 1.807) is 0 Å². The van der Waals surface area contributed by atoms with E-state index >= 15 is 0 Å². The second-order valence-corrected chi connectivity index (χ2v) is 3.36. The van der Waals surface area contributed by atoms with E-state index in [2.05, 4.69) is 5.73 Å². The Bertz CT molecular complexity index is 453. The van der Waals surface area contributed by atoms with Gasteiger partial charge in [-0.05, 0) is 6.07 Å². The number of nitrogens with two attached hydrogens (primary N) is 1. The van der Waals surface area contributed by atoms with Gasteiger partial charge >= 0.3 is 12.1 Å². The standard InChI is InChI=1S/C9H5F8N/c10-4-2-1-3(5(11)6(4)12)7(18)8(13,14)9(15,16)17/h1-2,7H,18H2/t7-/m0/s1. The SMILES string of the molecule is N[C@@H](c1ccc(F)c(F)c1F)C(F)(F)C(F)(F)F. The van der Waals surface area contributed by atoms with Crippen molar-refractivity contribution < 1.29 is 35.1 Å². The fourth-order valence-electron chi connectivity index (χ4n) is 1.15. The van der Waals surface area contributed by atoms with Gasteiger partial charge in [-0.25, -0.2) is 13.2 Å². The Labute approximate surface area is 95.2 Å². The van der Waals surface area contributed by atoms with Crippen LogP contribution < -0.4 is 5.73 Å². The molecule has 1 atom stereocenters. The molecule has 1 rings (SSSR count). The molecular formula is C9H5F8N. The molecule has 0 aliphatic heterocycles. The molecule has 0 unspecified atom stereocenters. The molecule has 0 amide bonds. The van der Waals surface area contributed by atoms with Gasteiger partial charge in [-0.2, -0.15) is 22.0 Å². The summed E-state index contributed by atoms with van der Waals surface area (Å²) >= 11 is 0. The molecule has 102 valence electrons. The van der Waals surface area contributed by atoms with E-state index in [4.69, 9.17) is 0 Å². The van der Waals surface area contributed by atoms with Crippen molar-refractivity contribution in [1.29, 1.82) is 0 Å². The van der Waals surface area contributed by atoms with Crippen LogP contribution in [0.2, 0.25) is 0 Å². The van der Waals surface area contributed by atoms with Crippen LogP contribution in [0.3, 0.4) is 0 Å². The first-order valence-corrected chi connectivity index (χ1v) is 4.33. The molecule has 1 nitrogen and oxygen atoms in total. The van der Waals surface area contributed by atoms with Crippen LogP contribution in [0.1, 0.15) is 11.6 Å². The van der Waals surface area contributed by atoms with Gasteiger partial charge in [-0.3, -0.25) is 0 Å². The minimum atomic E-state index is -6.04. The van der Waals surface area contributed by atoms with Gasteiger partial charge in [0.2, 0.25) is 0 Å². The molecule has 0 aromatic heterocycles. The summed E-state index contributed by atoms with van der Waals surface area (Å²) in [6, 6.07) is -2.73. The van der Waals surface area contributed by atoms with Crippen LogP contribution in [0.4, 0.5) is 35.1 Å². The minimum absolute atomic E-state index is 0.208. The molecular weight excluding hydrogens is 274 g/mol. The molecule has 0 bridgehead atoms. The van der Waals surface area contributed by atoms with Crippen molar-refractivity contribution in [2.24, 2.45) is 5.73 Å². The van der Waals surface area contributed by atoms with E-state index in [0.29, 0.717) is 0 Å². The van der Waals surface area contributed by atoms with Gasteiger partial charge < -0.3 is 5.73 Å². The second kappa shape index (κ2) is 4.38. The number of hydrogen-bond donors (Lipinski definition) is 1. The maximum atomic E-state index is 13.0. The smallest absolute Gasteiger partial charge is 0.319 e. The van der Waals surface area contributed by atoms with Crippen LogP contribution in [-0.4, -0.2) is 12.1 Å². The molecule has 1 aromatic carbocycles. The first kappa shape index (κ1) is 14.7. The third-order valence-corrected chi connectivity index (χ3v) is 2.17. The molecule has 0 aliphatic rings. The summed E-state index contributed by atoms with van der Waals surface area (Å²) in [6.45, 7) is 0. The third kappa shape index (κ3) is 2.26. The zero-order valence-electron chi connectivity index (χ0n) is 8.33. The molecule has 9 heteroatoms. The van der Waals surface area contributed by atoms with Crippen LogP contribution in [0.25, 0.3) is 0 Å². The van der Waals surface area contributed by atoms with Crippen molar-refractivity contribution in [3.05, 3.63) is 35.1 Å². The summed E-state index contributed by atoms with van der Waals surface area (Å²) < 4.78 is 99.7. The molecule has 2 N–H and O–H groups in total. The molecule has 1 aromatic rings. The Balaban J connectivity index is 3.28. The highest BCUT2D eigenvalue weighted by molar-refractivity contribution is 5.25. The van der Waals surface area contributed by atoms with E-state index in [1.807, 2.05) is 0 Å². The van der Waals surface area contributed by atoms with Gasteiger partial charge in [0.15, 0.2) is 17.5 Å². The molecule has 0 saturated heterocycles. The Morgan fingerprint density at radius 2 is 1.39 bits per heavy atom. The molecule has 0 saturated carbocycles. The number of benzene rings is 1. The summed E-state index contributed by atoms with van der Waals surface area (Å²) in [5.41, 5.74) is 3.12. The van der Waals surface area contributed by atoms with Crippen molar-refractivity contribution in [1.82, 2.24) is 0 Å². The van der Waals surface area contributed by atoms with Crippen LogP contribution in [0, 0.1) is 17.5 Å². The highest BCUT2D eigenvalue weighted by Gasteiger charge is 2.62.